The maximum absolute atomic E-state index is 11.4. The molecule has 1 heterocycles. The van der Waals surface area contributed by atoms with Gasteiger partial charge in [0.25, 0.3) is 5.56 Å². The lowest BCUT2D eigenvalue weighted by Gasteiger charge is -2.05. The molecule has 0 spiro atoms. The number of hydrogen-bond acceptors (Lipinski definition) is 3. The van der Waals surface area contributed by atoms with E-state index in [9.17, 15) is 4.79 Å². The van der Waals surface area contributed by atoms with E-state index in [4.69, 9.17) is 5.73 Å². The Kier molecular flexibility index (Phi) is 3.12. The summed E-state index contributed by atoms with van der Waals surface area (Å²) in [4.78, 5) is 15.4. The van der Waals surface area contributed by atoms with E-state index in [2.05, 4.69) is 4.98 Å². The zero-order valence-electron chi connectivity index (χ0n) is 8.84. The fraction of sp³-hybridized carbons (Fsp3) is 0.167. The van der Waals surface area contributed by atoms with E-state index in [0.29, 0.717) is 13.1 Å². The molecule has 0 aliphatic heterocycles. The molecule has 0 aliphatic carbocycles. The normalized spacial score (nSPS) is 10.3. The molecule has 0 atom stereocenters. The average molecular weight is 215 g/mol. The Balaban J connectivity index is 2.21. The quantitative estimate of drug-likeness (QED) is 0.821. The van der Waals surface area contributed by atoms with Crippen molar-refractivity contribution in [3.8, 4) is 0 Å². The minimum absolute atomic E-state index is 0.0436. The molecule has 0 bridgehead atoms. The molecule has 4 nitrogen and oxygen atoms in total. The van der Waals surface area contributed by atoms with Crippen LogP contribution in [-0.2, 0) is 13.1 Å². The Morgan fingerprint density at radius 1 is 1.12 bits per heavy atom. The van der Waals surface area contributed by atoms with E-state index in [0.717, 1.165) is 11.1 Å². The SMILES string of the molecule is NCc1ccc(Cn2cnccc2=O)cc1. The molecular weight excluding hydrogens is 202 g/mol. The fourth-order valence-corrected chi connectivity index (χ4v) is 1.47. The van der Waals surface area contributed by atoms with Crippen LogP contribution in [0.5, 0.6) is 0 Å². The summed E-state index contributed by atoms with van der Waals surface area (Å²) in [6, 6.07) is 9.34. The number of benzene rings is 1. The molecular formula is C12H13N3O. The topological polar surface area (TPSA) is 60.9 Å². The van der Waals surface area contributed by atoms with Crippen molar-refractivity contribution in [1.29, 1.82) is 0 Å². The summed E-state index contributed by atoms with van der Waals surface area (Å²) in [5, 5.41) is 0. The Morgan fingerprint density at radius 2 is 1.81 bits per heavy atom. The standard InChI is InChI=1S/C12H13N3O/c13-7-10-1-3-11(4-2-10)8-15-9-14-6-5-12(15)16/h1-6,9H,7-8,13H2. The van der Waals surface area contributed by atoms with Crippen molar-refractivity contribution in [1.82, 2.24) is 9.55 Å². The third-order valence-electron chi connectivity index (χ3n) is 2.40. The van der Waals surface area contributed by atoms with Crippen molar-refractivity contribution in [2.75, 3.05) is 0 Å². The highest BCUT2D eigenvalue weighted by Gasteiger charge is 1.97. The Bertz CT molecular complexity index is 516. The first-order chi connectivity index (χ1) is 7.79. The molecule has 0 amide bonds. The van der Waals surface area contributed by atoms with Crippen molar-refractivity contribution in [3.63, 3.8) is 0 Å². The minimum atomic E-state index is -0.0436. The van der Waals surface area contributed by atoms with Gasteiger partial charge in [-0.25, -0.2) is 4.98 Å². The first kappa shape index (κ1) is 10.6. The molecule has 0 fully saturated rings. The summed E-state index contributed by atoms with van der Waals surface area (Å²) in [6.07, 6.45) is 3.04. The molecule has 0 aliphatic rings. The Hall–Kier alpha value is -1.94. The molecule has 1 aromatic carbocycles. The highest BCUT2D eigenvalue weighted by atomic mass is 16.1. The fourth-order valence-electron chi connectivity index (χ4n) is 1.47. The van der Waals surface area contributed by atoms with Crippen LogP contribution in [0.2, 0.25) is 0 Å². The van der Waals surface area contributed by atoms with Gasteiger partial charge in [-0.3, -0.25) is 9.36 Å². The highest BCUT2D eigenvalue weighted by Crippen LogP contribution is 2.04. The smallest absolute Gasteiger partial charge is 0.253 e. The summed E-state index contributed by atoms with van der Waals surface area (Å²) in [6.45, 7) is 1.07. The van der Waals surface area contributed by atoms with Gasteiger partial charge in [-0.05, 0) is 11.1 Å². The van der Waals surface area contributed by atoms with Crippen LogP contribution in [0.15, 0.2) is 47.7 Å². The number of hydrogen-bond donors (Lipinski definition) is 1. The molecule has 2 aromatic rings. The van der Waals surface area contributed by atoms with Gasteiger partial charge in [-0.2, -0.15) is 0 Å². The largest absolute Gasteiger partial charge is 0.326 e. The number of nitrogens with two attached hydrogens (primary N) is 1. The molecule has 16 heavy (non-hydrogen) atoms. The monoisotopic (exact) mass is 215 g/mol. The van der Waals surface area contributed by atoms with Crippen molar-refractivity contribution in [2.45, 2.75) is 13.1 Å². The zero-order chi connectivity index (χ0) is 11.4. The Morgan fingerprint density at radius 3 is 2.44 bits per heavy atom. The first-order valence-electron chi connectivity index (χ1n) is 5.08. The highest BCUT2D eigenvalue weighted by molar-refractivity contribution is 5.22. The predicted octanol–water partition coefficient (Wildman–Crippen LogP) is 0.750. The van der Waals surface area contributed by atoms with Crippen LogP contribution in [0.4, 0.5) is 0 Å². The van der Waals surface area contributed by atoms with Crippen LogP contribution < -0.4 is 11.3 Å². The second kappa shape index (κ2) is 4.72. The second-order valence-corrected chi connectivity index (χ2v) is 3.57. The van der Waals surface area contributed by atoms with Gasteiger partial charge in [0.05, 0.1) is 12.9 Å². The van der Waals surface area contributed by atoms with Crippen LogP contribution >= 0.6 is 0 Å². The lowest BCUT2D eigenvalue weighted by molar-refractivity contribution is 0.735. The summed E-state index contributed by atoms with van der Waals surface area (Å²) in [5.74, 6) is 0. The number of aromatic nitrogens is 2. The van der Waals surface area contributed by atoms with Gasteiger partial charge in [0.2, 0.25) is 0 Å². The Labute approximate surface area is 93.4 Å². The van der Waals surface area contributed by atoms with E-state index in [1.165, 1.54) is 12.3 Å². The molecule has 0 radical (unpaired) electrons. The van der Waals surface area contributed by atoms with Crippen molar-refractivity contribution in [2.24, 2.45) is 5.73 Å². The van der Waals surface area contributed by atoms with Gasteiger partial charge < -0.3 is 5.73 Å². The molecule has 1 aromatic heterocycles. The average Bonchev–Trinajstić information content (AvgIpc) is 2.33. The summed E-state index contributed by atoms with van der Waals surface area (Å²) >= 11 is 0. The van der Waals surface area contributed by atoms with E-state index < -0.39 is 0 Å². The van der Waals surface area contributed by atoms with E-state index >= 15 is 0 Å². The van der Waals surface area contributed by atoms with Crippen molar-refractivity contribution < 1.29 is 0 Å². The molecule has 0 unspecified atom stereocenters. The van der Waals surface area contributed by atoms with Gasteiger partial charge in [-0.15, -0.1) is 0 Å². The van der Waals surface area contributed by atoms with Crippen LogP contribution in [0.1, 0.15) is 11.1 Å². The molecule has 0 saturated carbocycles. The summed E-state index contributed by atoms with van der Waals surface area (Å²) in [5.41, 5.74) is 7.62. The van der Waals surface area contributed by atoms with E-state index in [1.807, 2.05) is 24.3 Å². The van der Waals surface area contributed by atoms with Crippen molar-refractivity contribution in [3.05, 3.63) is 64.3 Å². The number of rotatable bonds is 3. The van der Waals surface area contributed by atoms with Crippen LogP contribution in [-0.4, -0.2) is 9.55 Å². The third-order valence-corrected chi connectivity index (χ3v) is 2.40. The molecule has 2 N–H and O–H groups in total. The lowest BCUT2D eigenvalue weighted by Crippen LogP contribution is -2.19. The van der Waals surface area contributed by atoms with Crippen LogP contribution in [0.25, 0.3) is 0 Å². The third kappa shape index (κ3) is 2.35. The van der Waals surface area contributed by atoms with E-state index in [1.54, 1.807) is 10.9 Å². The second-order valence-electron chi connectivity index (χ2n) is 3.57. The molecule has 82 valence electrons. The zero-order valence-corrected chi connectivity index (χ0v) is 8.84. The van der Waals surface area contributed by atoms with Gasteiger partial charge in [0, 0.05) is 18.8 Å². The lowest BCUT2D eigenvalue weighted by atomic mass is 10.1. The van der Waals surface area contributed by atoms with Gasteiger partial charge in [0.1, 0.15) is 0 Å². The summed E-state index contributed by atoms with van der Waals surface area (Å²) < 4.78 is 1.57. The van der Waals surface area contributed by atoms with Gasteiger partial charge in [0.15, 0.2) is 0 Å². The van der Waals surface area contributed by atoms with E-state index in [-0.39, 0.29) is 5.56 Å². The molecule has 2 rings (SSSR count). The van der Waals surface area contributed by atoms with Gasteiger partial charge in [-0.1, -0.05) is 24.3 Å². The minimum Gasteiger partial charge on any atom is -0.326 e. The molecule has 4 heteroatoms. The first-order valence-corrected chi connectivity index (χ1v) is 5.08. The van der Waals surface area contributed by atoms with Crippen molar-refractivity contribution >= 4 is 0 Å². The van der Waals surface area contributed by atoms with Gasteiger partial charge >= 0.3 is 0 Å². The summed E-state index contributed by atoms with van der Waals surface area (Å²) in [7, 11) is 0. The maximum atomic E-state index is 11.4. The van der Waals surface area contributed by atoms with Crippen LogP contribution in [0.3, 0.4) is 0 Å². The predicted molar refractivity (Wildman–Crippen MR) is 61.9 cm³/mol. The molecule has 0 saturated heterocycles. The van der Waals surface area contributed by atoms with Crippen LogP contribution in [0, 0.1) is 0 Å². The maximum Gasteiger partial charge on any atom is 0.253 e. The number of nitrogens with zero attached hydrogens (tertiary/aromatic N) is 2.